The van der Waals surface area contributed by atoms with E-state index in [9.17, 15) is 0 Å². The smallest absolute Gasteiger partial charge is 0.122 e. The van der Waals surface area contributed by atoms with Crippen LogP contribution in [0.25, 0.3) is 0 Å². The van der Waals surface area contributed by atoms with E-state index in [2.05, 4.69) is 56.8 Å². The van der Waals surface area contributed by atoms with Crippen molar-refractivity contribution in [3.05, 3.63) is 41.7 Å². The zero-order valence-electron chi connectivity index (χ0n) is 16.0. The van der Waals surface area contributed by atoms with Crippen LogP contribution in [-0.4, -0.2) is 52.2 Å². The molecule has 0 radical (unpaired) electrons. The molecule has 0 spiro atoms. The molecule has 1 atom stereocenters. The van der Waals surface area contributed by atoms with Gasteiger partial charge in [0.15, 0.2) is 0 Å². The predicted octanol–water partition coefficient (Wildman–Crippen LogP) is 2.35. The SMILES string of the molecule is CCn1ccnc1CN1CCN(c2cc(C)nc(C3CCCN3)c2)CC1. The number of nitrogens with zero attached hydrogens (tertiary/aromatic N) is 5. The third-order valence-electron chi connectivity index (χ3n) is 5.62. The summed E-state index contributed by atoms with van der Waals surface area (Å²) in [5, 5.41) is 3.57. The maximum atomic E-state index is 4.78. The van der Waals surface area contributed by atoms with Gasteiger partial charge in [-0.15, -0.1) is 0 Å². The van der Waals surface area contributed by atoms with Gasteiger partial charge in [0.25, 0.3) is 0 Å². The van der Waals surface area contributed by atoms with Crippen molar-refractivity contribution in [2.24, 2.45) is 0 Å². The Hall–Kier alpha value is -1.92. The van der Waals surface area contributed by atoms with Gasteiger partial charge in [-0.3, -0.25) is 9.88 Å². The lowest BCUT2D eigenvalue weighted by molar-refractivity contribution is 0.241. The minimum atomic E-state index is 0.433. The van der Waals surface area contributed by atoms with Gasteiger partial charge in [0.2, 0.25) is 0 Å². The molecule has 2 aromatic rings. The summed E-state index contributed by atoms with van der Waals surface area (Å²) < 4.78 is 2.24. The highest BCUT2D eigenvalue weighted by molar-refractivity contribution is 5.49. The van der Waals surface area contributed by atoms with Crippen LogP contribution in [0, 0.1) is 6.92 Å². The molecule has 2 aliphatic rings. The van der Waals surface area contributed by atoms with Crippen molar-refractivity contribution in [3.8, 4) is 0 Å². The highest BCUT2D eigenvalue weighted by atomic mass is 15.3. The van der Waals surface area contributed by atoms with Crippen LogP contribution >= 0.6 is 0 Å². The molecule has 0 amide bonds. The lowest BCUT2D eigenvalue weighted by atomic mass is 10.1. The number of pyridine rings is 1. The van der Waals surface area contributed by atoms with Gasteiger partial charge in [-0.25, -0.2) is 4.98 Å². The molecule has 4 heterocycles. The van der Waals surface area contributed by atoms with E-state index in [1.807, 2.05) is 6.20 Å². The summed E-state index contributed by atoms with van der Waals surface area (Å²) in [7, 11) is 0. The van der Waals surface area contributed by atoms with Gasteiger partial charge >= 0.3 is 0 Å². The van der Waals surface area contributed by atoms with E-state index in [0.717, 1.165) is 51.5 Å². The molecule has 0 aromatic carbocycles. The Balaban J connectivity index is 1.40. The first-order valence-corrected chi connectivity index (χ1v) is 9.92. The predicted molar refractivity (Wildman–Crippen MR) is 104 cm³/mol. The van der Waals surface area contributed by atoms with E-state index in [1.54, 1.807) is 0 Å². The summed E-state index contributed by atoms with van der Waals surface area (Å²) in [5.41, 5.74) is 3.67. The topological polar surface area (TPSA) is 49.2 Å². The van der Waals surface area contributed by atoms with E-state index in [1.165, 1.54) is 30.0 Å². The van der Waals surface area contributed by atoms with Crippen molar-refractivity contribution in [3.63, 3.8) is 0 Å². The van der Waals surface area contributed by atoms with Crippen LogP contribution in [0.3, 0.4) is 0 Å². The molecule has 4 rings (SSSR count). The molecule has 6 nitrogen and oxygen atoms in total. The average Bonchev–Trinajstić information content (AvgIpc) is 3.33. The van der Waals surface area contributed by atoms with Gasteiger partial charge < -0.3 is 14.8 Å². The van der Waals surface area contributed by atoms with E-state index in [0.29, 0.717) is 6.04 Å². The lowest BCUT2D eigenvalue weighted by Crippen LogP contribution is -2.46. The van der Waals surface area contributed by atoms with Crippen LogP contribution in [0.2, 0.25) is 0 Å². The number of nitrogens with one attached hydrogen (secondary N) is 1. The minimum Gasteiger partial charge on any atom is -0.369 e. The van der Waals surface area contributed by atoms with Crippen molar-refractivity contribution in [2.75, 3.05) is 37.6 Å². The largest absolute Gasteiger partial charge is 0.369 e. The van der Waals surface area contributed by atoms with Crippen molar-refractivity contribution >= 4 is 5.69 Å². The van der Waals surface area contributed by atoms with E-state index in [-0.39, 0.29) is 0 Å². The summed E-state index contributed by atoms with van der Waals surface area (Å²) in [6.45, 7) is 11.6. The molecule has 0 bridgehead atoms. The number of aryl methyl sites for hydroxylation is 2. The average molecular weight is 355 g/mol. The molecule has 2 aromatic heterocycles. The number of hydrogen-bond acceptors (Lipinski definition) is 5. The van der Waals surface area contributed by atoms with Crippen molar-refractivity contribution in [1.29, 1.82) is 0 Å². The lowest BCUT2D eigenvalue weighted by Gasteiger charge is -2.36. The number of hydrogen-bond donors (Lipinski definition) is 1. The van der Waals surface area contributed by atoms with Crippen molar-refractivity contribution in [2.45, 2.75) is 45.8 Å². The van der Waals surface area contributed by atoms with Gasteiger partial charge in [0.1, 0.15) is 5.82 Å². The van der Waals surface area contributed by atoms with Crippen LogP contribution in [-0.2, 0) is 13.1 Å². The third-order valence-corrected chi connectivity index (χ3v) is 5.62. The van der Waals surface area contributed by atoms with E-state index in [4.69, 9.17) is 4.98 Å². The molecule has 6 heteroatoms. The highest BCUT2D eigenvalue weighted by Crippen LogP contribution is 2.26. The second kappa shape index (κ2) is 7.76. The molecule has 2 aliphatic heterocycles. The highest BCUT2D eigenvalue weighted by Gasteiger charge is 2.22. The second-order valence-electron chi connectivity index (χ2n) is 7.43. The molecule has 1 N–H and O–H groups in total. The van der Waals surface area contributed by atoms with Crippen LogP contribution in [0.5, 0.6) is 0 Å². The molecule has 26 heavy (non-hydrogen) atoms. The summed E-state index contributed by atoms with van der Waals surface area (Å²) in [6.07, 6.45) is 6.44. The zero-order valence-corrected chi connectivity index (χ0v) is 16.0. The fourth-order valence-electron chi connectivity index (χ4n) is 4.12. The summed E-state index contributed by atoms with van der Waals surface area (Å²) >= 11 is 0. The summed E-state index contributed by atoms with van der Waals surface area (Å²) in [6, 6.07) is 4.97. The molecule has 140 valence electrons. The Labute approximate surface area is 156 Å². The van der Waals surface area contributed by atoms with Crippen LogP contribution in [0.15, 0.2) is 24.5 Å². The van der Waals surface area contributed by atoms with Gasteiger partial charge in [-0.05, 0) is 45.4 Å². The summed E-state index contributed by atoms with van der Waals surface area (Å²) in [5.74, 6) is 1.18. The van der Waals surface area contributed by atoms with E-state index >= 15 is 0 Å². The van der Waals surface area contributed by atoms with Crippen LogP contribution in [0.1, 0.15) is 43.0 Å². The first-order valence-electron chi connectivity index (χ1n) is 9.92. The van der Waals surface area contributed by atoms with E-state index < -0.39 is 0 Å². The second-order valence-corrected chi connectivity index (χ2v) is 7.43. The molecular weight excluding hydrogens is 324 g/mol. The Morgan fingerprint density at radius 2 is 2.04 bits per heavy atom. The first kappa shape index (κ1) is 17.5. The number of anilines is 1. The van der Waals surface area contributed by atoms with Gasteiger partial charge in [-0.1, -0.05) is 0 Å². The Morgan fingerprint density at radius 1 is 1.19 bits per heavy atom. The molecule has 2 fully saturated rings. The quantitative estimate of drug-likeness (QED) is 0.893. The van der Waals surface area contributed by atoms with Gasteiger partial charge in [0.05, 0.1) is 12.2 Å². The third kappa shape index (κ3) is 3.76. The fraction of sp³-hybridized carbons (Fsp3) is 0.600. The number of aromatic nitrogens is 3. The zero-order chi connectivity index (χ0) is 17.9. The van der Waals surface area contributed by atoms with Crippen molar-refractivity contribution < 1.29 is 0 Å². The number of imidazole rings is 1. The van der Waals surface area contributed by atoms with Crippen LogP contribution in [0.4, 0.5) is 5.69 Å². The maximum Gasteiger partial charge on any atom is 0.122 e. The van der Waals surface area contributed by atoms with Crippen molar-refractivity contribution in [1.82, 2.24) is 24.8 Å². The first-order chi connectivity index (χ1) is 12.7. The van der Waals surface area contributed by atoms with Gasteiger partial charge in [0, 0.05) is 62.5 Å². The molecule has 0 saturated carbocycles. The fourth-order valence-corrected chi connectivity index (χ4v) is 4.12. The Kier molecular flexibility index (Phi) is 5.22. The number of piperazine rings is 1. The van der Waals surface area contributed by atoms with Gasteiger partial charge in [-0.2, -0.15) is 0 Å². The Bertz CT molecular complexity index is 726. The molecule has 0 aliphatic carbocycles. The summed E-state index contributed by atoms with van der Waals surface area (Å²) in [4.78, 5) is 14.3. The molecule has 2 saturated heterocycles. The Morgan fingerprint density at radius 3 is 2.77 bits per heavy atom. The normalized spacial score (nSPS) is 21.5. The molecule has 1 unspecified atom stereocenters. The van der Waals surface area contributed by atoms with Crippen LogP contribution < -0.4 is 10.2 Å². The number of rotatable bonds is 5. The maximum absolute atomic E-state index is 4.78. The monoisotopic (exact) mass is 354 g/mol. The minimum absolute atomic E-state index is 0.433. The standard InChI is InChI=1S/C20H30N6/c1-3-25-8-7-22-20(25)15-24-9-11-26(12-10-24)17-13-16(2)23-19(14-17)18-5-4-6-21-18/h7-8,13-14,18,21H,3-6,9-12,15H2,1-2H3. The molecular formula is C20H30N6.